The number of hydrogen-bond acceptors (Lipinski definition) is 4. The van der Waals surface area contributed by atoms with Gasteiger partial charge in [-0.1, -0.05) is 11.6 Å². The summed E-state index contributed by atoms with van der Waals surface area (Å²) in [5, 5.41) is 7.73. The molecule has 15 heavy (non-hydrogen) atoms. The molecule has 0 radical (unpaired) electrons. The van der Waals surface area contributed by atoms with E-state index in [-0.39, 0.29) is 0 Å². The number of halogens is 1. The zero-order valence-electron chi connectivity index (χ0n) is 8.41. The van der Waals surface area contributed by atoms with Crippen LogP contribution in [0.15, 0.2) is 16.8 Å². The van der Waals surface area contributed by atoms with Crippen molar-refractivity contribution < 1.29 is 0 Å². The second-order valence-corrected chi connectivity index (χ2v) is 4.31. The summed E-state index contributed by atoms with van der Waals surface area (Å²) >= 11 is 7.60. The van der Waals surface area contributed by atoms with E-state index in [9.17, 15) is 0 Å². The van der Waals surface area contributed by atoms with Gasteiger partial charge in [-0.15, -0.1) is 0 Å². The normalized spacial score (nSPS) is 10.3. The molecule has 0 saturated carbocycles. The van der Waals surface area contributed by atoms with Gasteiger partial charge in [0.15, 0.2) is 0 Å². The van der Waals surface area contributed by atoms with Crippen LogP contribution in [0, 0.1) is 13.8 Å². The number of nitrogens with one attached hydrogen (secondary N) is 1. The Kier molecular flexibility index (Phi) is 2.88. The minimum atomic E-state index is 0.500. The molecular weight excluding hydrogens is 230 g/mol. The molecule has 0 spiro atoms. The van der Waals surface area contributed by atoms with Crippen LogP contribution < -0.4 is 5.32 Å². The summed E-state index contributed by atoms with van der Waals surface area (Å²) in [7, 11) is 0. The summed E-state index contributed by atoms with van der Waals surface area (Å²) < 4.78 is 0. The maximum absolute atomic E-state index is 5.97. The van der Waals surface area contributed by atoms with Crippen molar-refractivity contribution >= 4 is 34.4 Å². The van der Waals surface area contributed by atoms with Crippen LogP contribution in [0.1, 0.15) is 11.4 Å². The zero-order valence-corrected chi connectivity index (χ0v) is 9.99. The lowest BCUT2D eigenvalue weighted by Gasteiger charge is -2.08. The average Bonchev–Trinajstić information content (AvgIpc) is 2.66. The van der Waals surface area contributed by atoms with Crippen molar-refractivity contribution in [1.82, 2.24) is 9.97 Å². The zero-order chi connectivity index (χ0) is 10.8. The van der Waals surface area contributed by atoms with Gasteiger partial charge in [-0.05, 0) is 25.3 Å². The molecule has 2 heterocycles. The Morgan fingerprint density at radius 3 is 2.80 bits per heavy atom. The summed E-state index contributed by atoms with van der Waals surface area (Å²) in [6.45, 7) is 3.72. The van der Waals surface area contributed by atoms with E-state index >= 15 is 0 Å². The maximum Gasteiger partial charge on any atom is 0.138 e. The van der Waals surface area contributed by atoms with Crippen molar-refractivity contribution in [3.8, 4) is 0 Å². The molecule has 2 rings (SSSR count). The minimum Gasteiger partial charge on any atom is -0.339 e. The maximum atomic E-state index is 5.97. The minimum absolute atomic E-state index is 0.500. The van der Waals surface area contributed by atoms with Gasteiger partial charge in [0, 0.05) is 10.9 Å². The van der Waals surface area contributed by atoms with Crippen LogP contribution >= 0.6 is 22.9 Å². The molecule has 2 aromatic heterocycles. The summed E-state index contributed by atoms with van der Waals surface area (Å²) in [6.07, 6.45) is 0. The van der Waals surface area contributed by atoms with Gasteiger partial charge in [-0.2, -0.15) is 11.3 Å². The number of rotatable bonds is 2. The van der Waals surface area contributed by atoms with Crippen LogP contribution in [-0.4, -0.2) is 9.97 Å². The van der Waals surface area contributed by atoms with Crippen LogP contribution in [0.5, 0.6) is 0 Å². The predicted molar refractivity (Wildman–Crippen MR) is 64.1 cm³/mol. The first kappa shape index (κ1) is 10.4. The highest BCUT2D eigenvalue weighted by Gasteiger charge is 2.07. The van der Waals surface area contributed by atoms with Gasteiger partial charge in [-0.3, -0.25) is 0 Å². The average molecular weight is 240 g/mol. The monoisotopic (exact) mass is 239 g/mol. The number of nitrogens with zero attached hydrogens (tertiary/aromatic N) is 2. The number of thiophene rings is 1. The Bertz CT molecular complexity index is 468. The van der Waals surface area contributed by atoms with Crippen molar-refractivity contribution in [2.75, 3.05) is 5.32 Å². The lowest BCUT2D eigenvalue weighted by Crippen LogP contribution is -2.00. The topological polar surface area (TPSA) is 37.8 Å². The van der Waals surface area contributed by atoms with Crippen molar-refractivity contribution in [3.05, 3.63) is 33.4 Å². The summed E-state index contributed by atoms with van der Waals surface area (Å²) in [5.74, 6) is 1.44. The quantitative estimate of drug-likeness (QED) is 0.815. The summed E-state index contributed by atoms with van der Waals surface area (Å²) in [5.41, 5.74) is 1.89. The van der Waals surface area contributed by atoms with Crippen LogP contribution in [0.25, 0.3) is 0 Å². The summed E-state index contributed by atoms with van der Waals surface area (Å²) in [4.78, 5) is 8.39. The summed E-state index contributed by atoms with van der Waals surface area (Å²) in [6, 6.07) is 2.00. The van der Waals surface area contributed by atoms with Gasteiger partial charge >= 0.3 is 0 Å². The van der Waals surface area contributed by atoms with E-state index in [2.05, 4.69) is 15.3 Å². The molecule has 0 fully saturated rings. The van der Waals surface area contributed by atoms with Gasteiger partial charge in [0.1, 0.15) is 16.8 Å². The number of hydrogen-bond donors (Lipinski definition) is 1. The van der Waals surface area contributed by atoms with E-state index < -0.39 is 0 Å². The molecule has 0 amide bonds. The van der Waals surface area contributed by atoms with E-state index in [0.29, 0.717) is 11.0 Å². The van der Waals surface area contributed by atoms with E-state index in [4.69, 9.17) is 11.6 Å². The SMILES string of the molecule is Cc1nc(Cl)c(C)c(Nc2ccsc2)n1. The number of aromatic nitrogens is 2. The largest absolute Gasteiger partial charge is 0.339 e. The third-order valence-electron chi connectivity index (χ3n) is 1.98. The van der Waals surface area contributed by atoms with Crippen LogP contribution in [0.2, 0.25) is 5.15 Å². The number of anilines is 2. The van der Waals surface area contributed by atoms with Crippen LogP contribution in [-0.2, 0) is 0 Å². The van der Waals surface area contributed by atoms with E-state index in [0.717, 1.165) is 17.1 Å². The molecule has 2 aromatic rings. The Labute approximate surface area is 97.2 Å². The second-order valence-electron chi connectivity index (χ2n) is 3.17. The molecule has 3 nitrogen and oxygen atoms in total. The van der Waals surface area contributed by atoms with Crippen molar-refractivity contribution in [2.24, 2.45) is 0 Å². The molecular formula is C10H10ClN3S. The Morgan fingerprint density at radius 1 is 1.33 bits per heavy atom. The molecule has 0 aliphatic rings. The lowest BCUT2D eigenvalue weighted by atomic mass is 10.3. The Morgan fingerprint density at radius 2 is 2.13 bits per heavy atom. The third-order valence-corrected chi connectivity index (χ3v) is 3.03. The van der Waals surface area contributed by atoms with Gasteiger partial charge in [0.05, 0.1) is 5.69 Å². The first-order valence-corrected chi connectivity index (χ1v) is 5.79. The van der Waals surface area contributed by atoms with E-state index in [1.54, 1.807) is 11.3 Å². The van der Waals surface area contributed by atoms with Crippen LogP contribution in [0.3, 0.4) is 0 Å². The van der Waals surface area contributed by atoms with Gasteiger partial charge < -0.3 is 5.32 Å². The second kappa shape index (κ2) is 4.16. The van der Waals surface area contributed by atoms with Crippen molar-refractivity contribution in [3.63, 3.8) is 0 Å². The fraction of sp³-hybridized carbons (Fsp3) is 0.200. The first-order chi connectivity index (χ1) is 7.16. The van der Waals surface area contributed by atoms with E-state index in [1.807, 2.05) is 30.7 Å². The molecule has 0 aliphatic heterocycles. The molecule has 78 valence electrons. The van der Waals surface area contributed by atoms with Crippen molar-refractivity contribution in [1.29, 1.82) is 0 Å². The highest BCUT2D eigenvalue weighted by Crippen LogP contribution is 2.24. The van der Waals surface area contributed by atoms with Gasteiger partial charge in [0.2, 0.25) is 0 Å². The highest BCUT2D eigenvalue weighted by molar-refractivity contribution is 7.08. The molecule has 0 bridgehead atoms. The van der Waals surface area contributed by atoms with E-state index in [1.165, 1.54) is 0 Å². The van der Waals surface area contributed by atoms with Gasteiger partial charge in [0.25, 0.3) is 0 Å². The first-order valence-electron chi connectivity index (χ1n) is 4.47. The van der Waals surface area contributed by atoms with Crippen molar-refractivity contribution in [2.45, 2.75) is 13.8 Å². The molecule has 0 saturated heterocycles. The predicted octanol–water partition coefficient (Wildman–Crippen LogP) is 3.55. The van der Waals surface area contributed by atoms with Gasteiger partial charge in [-0.25, -0.2) is 9.97 Å². The molecule has 0 aromatic carbocycles. The molecule has 5 heteroatoms. The fourth-order valence-electron chi connectivity index (χ4n) is 1.19. The molecule has 0 unspecified atom stereocenters. The lowest BCUT2D eigenvalue weighted by molar-refractivity contribution is 1.04. The molecule has 0 aliphatic carbocycles. The molecule has 0 atom stereocenters. The molecule has 1 N–H and O–H groups in total. The highest BCUT2D eigenvalue weighted by atomic mass is 35.5. The third kappa shape index (κ3) is 2.27. The Balaban J connectivity index is 2.36. The fourth-order valence-corrected chi connectivity index (χ4v) is 1.99. The Hall–Kier alpha value is -1.13. The number of aryl methyl sites for hydroxylation is 1. The van der Waals surface area contributed by atoms with Crippen LogP contribution in [0.4, 0.5) is 11.5 Å². The standard InChI is InChI=1S/C10H10ClN3S/c1-6-9(11)12-7(2)13-10(6)14-8-3-4-15-5-8/h3-5H,1-2H3,(H,12,13,14). The smallest absolute Gasteiger partial charge is 0.138 e.